The number of ether oxygens (including phenoxy) is 1. The third kappa shape index (κ3) is 5.98. The van der Waals surface area contributed by atoms with E-state index in [1.54, 1.807) is 0 Å². The van der Waals surface area contributed by atoms with E-state index in [9.17, 15) is 15.0 Å². The zero-order valence-corrected chi connectivity index (χ0v) is 28.1. The molecule has 0 bridgehead atoms. The molecular formula is C36H59N3O4. The van der Waals surface area contributed by atoms with Crippen LogP contribution in [0.5, 0.6) is 0 Å². The van der Waals surface area contributed by atoms with E-state index in [0.717, 1.165) is 42.4 Å². The lowest BCUT2D eigenvalue weighted by molar-refractivity contribution is -0.161. The molecule has 2 N–H and O–H groups in total. The number of carbonyl (C=O) groups is 1. The van der Waals surface area contributed by atoms with Crippen LogP contribution in [-0.2, 0) is 16.1 Å². The fourth-order valence-electron chi connectivity index (χ4n) is 9.77. The van der Waals surface area contributed by atoms with Gasteiger partial charge in [-0.3, -0.25) is 4.79 Å². The average Bonchev–Trinajstić information content (AvgIpc) is 3.61. The van der Waals surface area contributed by atoms with Gasteiger partial charge >= 0.3 is 5.97 Å². The molecule has 242 valence electrons. The number of hydrogen-bond donors (Lipinski definition) is 2. The second kappa shape index (κ2) is 12.6. The second-order valence-corrected chi connectivity index (χ2v) is 16.2. The van der Waals surface area contributed by atoms with Crippen molar-refractivity contribution >= 4 is 5.97 Å². The maximum absolute atomic E-state index is 12.3. The average molecular weight is 598 g/mol. The Kier molecular flexibility index (Phi) is 9.55. The molecule has 4 aliphatic carbocycles. The third-order valence-corrected chi connectivity index (χ3v) is 13.4. The molecule has 8 atom stereocenters. The summed E-state index contributed by atoms with van der Waals surface area (Å²) < 4.78 is 7.35. The summed E-state index contributed by atoms with van der Waals surface area (Å²) in [4.78, 5) is 12.3. The molecular weight excluding hydrogens is 538 g/mol. The van der Waals surface area contributed by atoms with E-state index in [-0.39, 0.29) is 6.61 Å². The number of aliphatic hydroxyl groups is 2. The number of carbonyl (C=O) groups excluding carboxylic acids is 1. The minimum Gasteiger partial charge on any atom is -0.458 e. The van der Waals surface area contributed by atoms with Gasteiger partial charge in [-0.15, -0.1) is 5.10 Å². The molecule has 0 unspecified atom stereocenters. The summed E-state index contributed by atoms with van der Waals surface area (Å²) in [5, 5.41) is 27.6. The van der Waals surface area contributed by atoms with E-state index in [1.807, 2.05) is 22.0 Å². The van der Waals surface area contributed by atoms with E-state index in [4.69, 9.17) is 4.74 Å². The van der Waals surface area contributed by atoms with Crippen LogP contribution in [0.4, 0.5) is 0 Å². The van der Waals surface area contributed by atoms with Gasteiger partial charge in [0.2, 0.25) is 0 Å². The van der Waals surface area contributed by atoms with E-state index < -0.39 is 24.6 Å². The fraction of sp³-hybridized carbons (Fsp3) is 0.861. The van der Waals surface area contributed by atoms with Crippen LogP contribution in [0.1, 0.15) is 131 Å². The van der Waals surface area contributed by atoms with Gasteiger partial charge < -0.3 is 14.9 Å². The number of allylic oxidation sites excluding steroid dienone is 2. The molecule has 1 aromatic heterocycles. The van der Waals surface area contributed by atoms with Crippen LogP contribution in [0.15, 0.2) is 17.3 Å². The molecule has 0 radical (unpaired) electrons. The smallest absolute Gasteiger partial charge is 0.316 e. The van der Waals surface area contributed by atoms with Crippen molar-refractivity contribution in [2.75, 3.05) is 13.2 Å². The predicted octanol–water partition coefficient (Wildman–Crippen LogP) is 7.28. The van der Waals surface area contributed by atoms with Gasteiger partial charge in [0.25, 0.3) is 0 Å². The topological polar surface area (TPSA) is 97.5 Å². The molecule has 3 saturated carbocycles. The summed E-state index contributed by atoms with van der Waals surface area (Å²) in [7, 11) is 0. The zero-order valence-electron chi connectivity index (χ0n) is 28.1. The first-order valence-electron chi connectivity index (χ1n) is 17.4. The fourth-order valence-corrected chi connectivity index (χ4v) is 9.77. The lowest BCUT2D eigenvalue weighted by Crippen LogP contribution is -2.47. The standard InChI is InChI=1S/C36H59N3O4/c1-23(2)24(3)8-9-25(4)30-12-13-31-29-11-10-26-18-28(14-16-35(26,6)32(29)15-17-36(30,31)7)39-19-27(37-38-39)20-43-33(42)34(5,21-40)22-41/h19,23-26,28,30,32,40-41H,8-18,20-22H2,1-7H3/t24-,25+,26-,28+,30+,32-,35-,36+/m0/s1. The first-order chi connectivity index (χ1) is 20.4. The quantitative estimate of drug-likeness (QED) is 0.205. The minimum atomic E-state index is -1.31. The summed E-state index contributed by atoms with van der Waals surface area (Å²) in [6.45, 7) is 15.6. The highest BCUT2D eigenvalue weighted by Crippen LogP contribution is 2.66. The Morgan fingerprint density at radius 3 is 2.51 bits per heavy atom. The normalized spacial score (nSPS) is 34.0. The SMILES string of the molecule is CC(C)[C@@H](C)CC[C@@H](C)[C@H]1CCC2=C3CC[C@H]4C[C@H](n5cc(COC(=O)C(C)(CO)CO)nn5)CC[C@]4(C)[C@H]3CC[C@@]21C. The van der Waals surface area contributed by atoms with Crippen LogP contribution in [0, 0.1) is 51.8 Å². The van der Waals surface area contributed by atoms with Crippen molar-refractivity contribution in [2.24, 2.45) is 51.8 Å². The Morgan fingerprint density at radius 2 is 1.81 bits per heavy atom. The van der Waals surface area contributed by atoms with Crippen molar-refractivity contribution < 1.29 is 19.7 Å². The summed E-state index contributed by atoms with van der Waals surface area (Å²) >= 11 is 0. The lowest BCUT2D eigenvalue weighted by Gasteiger charge is -2.57. The molecule has 1 aromatic rings. The van der Waals surface area contributed by atoms with Crippen LogP contribution in [0.2, 0.25) is 0 Å². The number of aromatic nitrogens is 3. The predicted molar refractivity (Wildman–Crippen MR) is 169 cm³/mol. The molecule has 0 saturated heterocycles. The van der Waals surface area contributed by atoms with Crippen molar-refractivity contribution in [3.05, 3.63) is 23.0 Å². The summed E-state index contributed by atoms with van der Waals surface area (Å²) in [5.74, 6) is 4.06. The molecule has 3 fully saturated rings. The second-order valence-electron chi connectivity index (χ2n) is 16.2. The number of aliphatic hydroxyl groups excluding tert-OH is 2. The Morgan fingerprint density at radius 1 is 1.07 bits per heavy atom. The third-order valence-electron chi connectivity index (χ3n) is 13.4. The molecule has 7 heteroatoms. The molecule has 0 spiro atoms. The molecule has 1 heterocycles. The summed E-state index contributed by atoms with van der Waals surface area (Å²) in [6, 6.07) is 0.322. The van der Waals surface area contributed by atoms with Crippen molar-refractivity contribution in [2.45, 2.75) is 132 Å². The number of hydrogen-bond acceptors (Lipinski definition) is 6. The van der Waals surface area contributed by atoms with E-state index in [0.29, 0.717) is 28.5 Å². The highest BCUT2D eigenvalue weighted by molar-refractivity contribution is 5.76. The van der Waals surface area contributed by atoms with Crippen molar-refractivity contribution in [1.82, 2.24) is 15.0 Å². The van der Waals surface area contributed by atoms with Crippen molar-refractivity contribution in [3.8, 4) is 0 Å². The maximum atomic E-state index is 12.3. The molecule has 5 rings (SSSR count). The highest BCUT2D eigenvalue weighted by Gasteiger charge is 2.56. The molecule has 0 aliphatic heterocycles. The van der Waals surface area contributed by atoms with Gasteiger partial charge in [0.1, 0.15) is 17.7 Å². The molecule has 4 aliphatic rings. The summed E-state index contributed by atoms with van der Waals surface area (Å²) in [5.41, 5.74) is 3.84. The number of nitrogens with zero attached hydrogens (tertiary/aromatic N) is 3. The number of esters is 1. The first kappa shape index (κ1) is 32.7. The zero-order chi connectivity index (χ0) is 31.2. The molecule has 0 aromatic carbocycles. The molecule has 0 amide bonds. The number of fused-ring (bicyclic) bond motifs is 4. The van der Waals surface area contributed by atoms with Crippen molar-refractivity contribution in [3.63, 3.8) is 0 Å². The van der Waals surface area contributed by atoms with E-state index >= 15 is 0 Å². The van der Waals surface area contributed by atoms with Crippen LogP contribution in [0.25, 0.3) is 0 Å². The molecule has 43 heavy (non-hydrogen) atoms. The Labute approximate surface area is 260 Å². The molecule has 7 nitrogen and oxygen atoms in total. The van der Waals surface area contributed by atoms with E-state index in [1.165, 1.54) is 64.7 Å². The summed E-state index contributed by atoms with van der Waals surface area (Å²) in [6.07, 6.45) is 16.1. The maximum Gasteiger partial charge on any atom is 0.316 e. The van der Waals surface area contributed by atoms with Crippen LogP contribution < -0.4 is 0 Å². The van der Waals surface area contributed by atoms with Gasteiger partial charge in [0, 0.05) is 0 Å². The monoisotopic (exact) mass is 597 g/mol. The highest BCUT2D eigenvalue weighted by atomic mass is 16.5. The first-order valence-corrected chi connectivity index (χ1v) is 17.4. The van der Waals surface area contributed by atoms with Gasteiger partial charge in [-0.25, -0.2) is 4.68 Å². The van der Waals surface area contributed by atoms with Gasteiger partial charge in [-0.2, -0.15) is 0 Å². The van der Waals surface area contributed by atoms with E-state index in [2.05, 4.69) is 51.9 Å². The van der Waals surface area contributed by atoms with Gasteiger partial charge in [-0.05, 0) is 111 Å². The van der Waals surface area contributed by atoms with Gasteiger partial charge in [0.05, 0.1) is 25.5 Å². The van der Waals surface area contributed by atoms with Crippen LogP contribution in [-0.4, -0.2) is 44.4 Å². The van der Waals surface area contributed by atoms with Gasteiger partial charge in [0.15, 0.2) is 0 Å². The number of rotatable bonds is 11. The largest absolute Gasteiger partial charge is 0.458 e. The Bertz CT molecular complexity index is 1170. The van der Waals surface area contributed by atoms with Crippen LogP contribution >= 0.6 is 0 Å². The Balaban J connectivity index is 1.23. The minimum absolute atomic E-state index is 0.00355. The van der Waals surface area contributed by atoms with Crippen molar-refractivity contribution in [1.29, 1.82) is 0 Å². The van der Waals surface area contributed by atoms with Crippen LogP contribution in [0.3, 0.4) is 0 Å². The van der Waals surface area contributed by atoms with Gasteiger partial charge in [-0.1, -0.05) is 70.7 Å². The lowest BCUT2D eigenvalue weighted by atomic mass is 9.48. The Hall–Kier alpha value is -1.73.